The summed E-state index contributed by atoms with van der Waals surface area (Å²) in [6.07, 6.45) is 0. The first-order chi connectivity index (χ1) is 10.4. The van der Waals surface area contributed by atoms with Gasteiger partial charge in [-0.3, -0.25) is 4.79 Å². The highest BCUT2D eigenvalue weighted by Gasteiger charge is 2.21. The molecule has 124 valence electrons. The SMILES string of the molecule is CCN(CC)S(=O)(=O)c1ccc(C(=O)NCC(C)NC)cc1. The number of hydrogen-bond acceptors (Lipinski definition) is 4. The van der Waals surface area contributed by atoms with Crippen LogP contribution in [0.3, 0.4) is 0 Å². The average Bonchev–Trinajstić information content (AvgIpc) is 2.53. The van der Waals surface area contributed by atoms with Gasteiger partial charge in [0.2, 0.25) is 10.0 Å². The molecule has 0 fully saturated rings. The first-order valence-electron chi connectivity index (χ1n) is 7.42. The van der Waals surface area contributed by atoms with Crippen molar-refractivity contribution in [3.05, 3.63) is 29.8 Å². The van der Waals surface area contributed by atoms with Crippen molar-refractivity contribution in [1.82, 2.24) is 14.9 Å². The van der Waals surface area contributed by atoms with Gasteiger partial charge in [-0.2, -0.15) is 4.31 Å². The summed E-state index contributed by atoms with van der Waals surface area (Å²) in [6, 6.07) is 6.20. The molecule has 1 aromatic rings. The fourth-order valence-electron chi connectivity index (χ4n) is 1.94. The summed E-state index contributed by atoms with van der Waals surface area (Å²) in [5.41, 5.74) is 0.446. The fraction of sp³-hybridized carbons (Fsp3) is 0.533. The topological polar surface area (TPSA) is 78.5 Å². The number of nitrogens with one attached hydrogen (secondary N) is 2. The zero-order valence-electron chi connectivity index (χ0n) is 13.6. The first-order valence-corrected chi connectivity index (χ1v) is 8.86. The van der Waals surface area contributed by atoms with E-state index in [1.165, 1.54) is 28.6 Å². The van der Waals surface area contributed by atoms with Crippen LogP contribution in [0.4, 0.5) is 0 Å². The second-order valence-corrected chi connectivity index (χ2v) is 6.95. The Morgan fingerprint density at radius 3 is 2.18 bits per heavy atom. The van der Waals surface area contributed by atoms with Crippen LogP contribution in [-0.2, 0) is 10.0 Å². The quantitative estimate of drug-likeness (QED) is 0.748. The molecular weight excluding hydrogens is 302 g/mol. The molecule has 1 amide bonds. The van der Waals surface area contributed by atoms with Crippen LogP contribution in [0, 0.1) is 0 Å². The van der Waals surface area contributed by atoms with Crippen molar-refractivity contribution < 1.29 is 13.2 Å². The molecule has 0 aliphatic rings. The molecule has 0 saturated carbocycles. The Morgan fingerprint density at radius 1 is 1.18 bits per heavy atom. The normalized spacial score (nSPS) is 13.1. The summed E-state index contributed by atoms with van der Waals surface area (Å²) in [4.78, 5) is 12.2. The number of carbonyl (C=O) groups is 1. The highest BCUT2D eigenvalue weighted by Crippen LogP contribution is 2.16. The van der Waals surface area contributed by atoms with E-state index in [2.05, 4.69) is 10.6 Å². The van der Waals surface area contributed by atoms with Crippen molar-refractivity contribution in [1.29, 1.82) is 0 Å². The molecule has 0 saturated heterocycles. The van der Waals surface area contributed by atoms with Gasteiger partial charge in [-0.05, 0) is 38.2 Å². The number of sulfonamides is 1. The standard InChI is InChI=1S/C15H25N3O3S/c1-5-18(6-2)22(20,21)14-9-7-13(8-10-14)15(19)17-11-12(3)16-4/h7-10,12,16H,5-6,11H2,1-4H3,(H,17,19). The molecule has 1 aromatic carbocycles. The van der Waals surface area contributed by atoms with Crippen molar-refractivity contribution >= 4 is 15.9 Å². The molecule has 0 radical (unpaired) electrons. The predicted molar refractivity (Wildman–Crippen MR) is 87.4 cm³/mol. The maximum absolute atomic E-state index is 12.3. The maximum Gasteiger partial charge on any atom is 0.251 e. The monoisotopic (exact) mass is 327 g/mol. The highest BCUT2D eigenvalue weighted by atomic mass is 32.2. The van der Waals surface area contributed by atoms with Crippen molar-refractivity contribution in [2.45, 2.75) is 31.7 Å². The van der Waals surface area contributed by atoms with Gasteiger partial charge in [0.05, 0.1) is 4.90 Å². The van der Waals surface area contributed by atoms with E-state index in [0.717, 1.165) is 0 Å². The molecule has 0 heterocycles. The number of rotatable bonds is 8. The van der Waals surface area contributed by atoms with Gasteiger partial charge in [-0.25, -0.2) is 8.42 Å². The van der Waals surface area contributed by atoms with Crippen LogP contribution in [0.2, 0.25) is 0 Å². The number of benzene rings is 1. The molecular formula is C15H25N3O3S. The minimum absolute atomic E-state index is 0.172. The summed E-state index contributed by atoms with van der Waals surface area (Å²) >= 11 is 0. The number of carbonyl (C=O) groups excluding carboxylic acids is 1. The second kappa shape index (κ2) is 8.26. The summed E-state index contributed by atoms with van der Waals surface area (Å²) in [5, 5.41) is 5.82. The van der Waals surface area contributed by atoms with Crippen molar-refractivity contribution in [3.8, 4) is 0 Å². The summed E-state index contributed by atoms with van der Waals surface area (Å²) in [5.74, 6) is -0.214. The third-order valence-corrected chi connectivity index (χ3v) is 5.59. The van der Waals surface area contributed by atoms with Crippen LogP contribution in [-0.4, -0.2) is 51.4 Å². The molecule has 1 rings (SSSR count). The van der Waals surface area contributed by atoms with Gasteiger partial charge >= 0.3 is 0 Å². The lowest BCUT2D eigenvalue weighted by molar-refractivity contribution is 0.0950. The Balaban J connectivity index is 2.84. The lowest BCUT2D eigenvalue weighted by atomic mass is 10.2. The number of likely N-dealkylation sites (N-methyl/N-ethyl adjacent to an activating group) is 1. The van der Waals surface area contributed by atoms with E-state index in [0.29, 0.717) is 25.2 Å². The summed E-state index contributed by atoms with van der Waals surface area (Å²) in [7, 11) is -1.66. The first kappa shape index (κ1) is 18.6. The zero-order valence-corrected chi connectivity index (χ0v) is 14.4. The van der Waals surface area contributed by atoms with Gasteiger partial charge in [0.1, 0.15) is 0 Å². The average molecular weight is 327 g/mol. The number of hydrogen-bond donors (Lipinski definition) is 2. The lowest BCUT2D eigenvalue weighted by Gasteiger charge is -2.18. The van der Waals surface area contributed by atoms with Gasteiger partial charge in [-0.1, -0.05) is 13.8 Å². The molecule has 0 bridgehead atoms. The fourth-order valence-corrected chi connectivity index (χ4v) is 3.40. The molecule has 0 aliphatic carbocycles. The Labute approximate surface area is 132 Å². The van der Waals surface area contributed by atoms with Crippen molar-refractivity contribution in [2.24, 2.45) is 0 Å². The molecule has 1 atom stereocenters. The van der Waals surface area contributed by atoms with Crippen molar-refractivity contribution in [2.75, 3.05) is 26.7 Å². The molecule has 2 N–H and O–H groups in total. The van der Waals surface area contributed by atoms with E-state index < -0.39 is 10.0 Å². The van der Waals surface area contributed by atoms with E-state index in [-0.39, 0.29) is 16.8 Å². The van der Waals surface area contributed by atoms with Gasteiger partial charge in [0.15, 0.2) is 0 Å². The third-order valence-electron chi connectivity index (χ3n) is 3.52. The maximum atomic E-state index is 12.3. The van der Waals surface area contributed by atoms with E-state index in [4.69, 9.17) is 0 Å². The molecule has 1 unspecified atom stereocenters. The van der Waals surface area contributed by atoms with Crippen molar-refractivity contribution in [3.63, 3.8) is 0 Å². The van der Waals surface area contributed by atoms with E-state index in [1.54, 1.807) is 13.8 Å². The summed E-state index contributed by atoms with van der Waals surface area (Å²) < 4.78 is 26.1. The minimum atomic E-state index is -3.48. The van der Waals surface area contributed by atoms with Gasteiger partial charge in [0, 0.05) is 31.2 Å². The van der Waals surface area contributed by atoms with E-state index >= 15 is 0 Å². The Kier molecular flexibility index (Phi) is 6.99. The summed E-state index contributed by atoms with van der Waals surface area (Å²) in [6.45, 7) is 6.90. The second-order valence-electron chi connectivity index (χ2n) is 5.01. The molecule has 0 aliphatic heterocycles. The van der Waals surface area contributed by atoms with Crippen LogP contribution in [0.1, 0.15) is 31.1 Å². The van der Waals surface area contributed by atoms with Gasteiger partial charge in [-0.15, -0.1) is 0 Å². The van der Waals surface area contributed by atoms with Crippen LogP contribution in [0.5, 0.6) is 0 Å². The molecule has 22 heavy (non-hydrogen) atoms. The van der Waals surface area contributed by atoms with Gasteiger partial charge < -0.3 is 10.6 Å². The largest absolute Gasteiger partial charge is 0.350 e. The smallest absolute Gasteiger partial charge is 0.251 e. The van der Waals surface area contributed by atoms with Crippen LogP contribution in [0.15, 0.2) is 29.2 Å². The Hall–Kier alpha value is -1.44. The minimum Gasteiger partial charge on any atom is -0.350 e. The number of amides is 1. The van der Waals surface area contributed by atoms with Gasteiger partial charge in [0.25, 0.3) is 5.91 Å². The van der Waals surface area contributed by atoms with Crippen LogP contribution >= 0.6 is 0 Å². The molecule has 7 heteroatoms. The lowest BCUT2D eigenvalue weighted by Crippen LogP contribution is -2.37. The Morgan fingerprint density at radius 2 is 1.73 bits per heavy atom. The Bertz CT molecular complexity index is 581. The predicted octanol–water partition coefficient (Wildman–Crippen LogP) is 1.05. The number of nitrogens with zero attached hydrogens (tertiary/aromatic N) is 1. The van der Waals surface area contributed by atoms with Crippen LogP contribution < -0.4 is 10.6 Å². The molecule has 0 spiro atoms. The van der Waals surface area contributed by atoms with E-state index in [9.17, 15) is 13.2 Å². The highest BCUT2D eigenvalue weighted by molar-refractivity contribution is 7.89. The molecule has 6 nitrogen and oxygen atoms in total. The molecule has 0 aromatic heterocycles. The third kappa shape index (κ3) is 4.53. The van der Waals surface area contributed by atoms with Crippen LogP contribution in [0.25, 0.3) is 0 Å². The van der Waals surface area contributed by atoms with E-state index in [1.807, 2.05) is 14.0 Å². The zero-order chi connectivity index (χ0) is 16.8.